The van der Waals surface area contributed by atoms with Crippen LogP contribution in [0.1, 0.15) is 0 Å². The summed E-state index contributed by atoms with van der Waals surface area (Å²) in [7, 11) is -4.54. The van der Waals surface area contributed by atoms with Crippen LogP contribution in [0.4, 0.5) is 28.4 Å². The summed E-state index contributed by atoms with van der Waals surface area (Å²) in [4.78, 5) is 21.5. The summed E-state index contributed by atoms with van der Waals surface area (Å²) in [5.74, 6) is 0. The van der Waals surface area contributed by atoms with Gasteiger partial charge < -0.3 is 4.55 Å². The van der Waals surface area contributed by atoms with Gasteiger partial charge in [0.25, 0.3) is 5.69 Å². The molecule has 152 valence electrons. The van der Waals surface area contributed by atoms with Crippen molar-refractivity contribution < 1.29 is 47.5 Å². The van der Waals surface area contributed by atoms with E-state index >= 15 is 0 Å². The molecule has 0 aliphatic carbocycles. The third-order valence-corrected chi connectivity index (χ3v) is 4.74. The first-order chi connectivity index (χ1) is 14.3. The minimum Gasteiger partial charge on any atom is -0.744 e. The van der Waals surface area contributed by atoms with Gasteiger partial charge in [0.15, 0.2) is 0 Å². The number of para-hydroxylation sites is 2. The molecule has 13 heteroatoms. The first-order valence-corrected chi connectivity index (χ1v) is 9.65. The van der Waals surface area contributed by atoms with Crippen LogP contribution in [0.2, 0.25) is 0 Å². The summed E-state index contributed by atoms with van der Waals surface area (Å²) in [5.41, 5.74) is 0.739. The van der Waals surface area contributed by atoms with Crippen molar-refractivity contribution in [1.82, 2.24) is 0 Å². The molecule has 0 aromatic heterocycles. The summed E-state index contributed by atoms with van der Waals surface area (Å²) >= 11 is 0. The van der Waals surface area contributed by atoms with Crippen molar-refractivity contribution in [2.24, 2.45) is 15.5 Å². The quantitative estimate of drug-likeness (QED) is 0.133. The van der Waals surface area contributed by atoms with Crippen LogP contribution in [-0.4, -0.2) is 17.9 Å². The molecule has 31 heavy (non-hydrogen) atoms. The summed E-state index contributed by atoms with van der Waals surface area (Å²) in [6.45, 7) is 0. The number of nitro benzene ring substituents is 1. The summed E-state index contributed by atoms with van der Waals surface area (Å²) in [6, 6.07) is 16.6. The first-order valence-electron chi connectivity index (χ1n) is 8.24. The van der Waals surface area contributed by atoms with Crippen LogP contribution in [0.15, 0.2) is 93.2 Å². The van der Waals surface area contributed by atoms with E-state index in [0.29, 0.717) is 11.4 Å². The van der Waals surface area contributed by atoms with Crippen molar-refractivity contribution in [2.45, 2.75) is 4.90 Å². The molecule has 0 atom stereocenters. The molecule has 0 heterocycles. The number of anilines is 2. The van der Waals surface area contributed by atoms with Gasteiger partial charge in [-0.3, -0.25) is 10.1 Å². The molecule has 0 unspecified atom stereocenters. The number of nitrogens with zero attached hydrogens (tertiary/aromatic N) is 5. The molecule has 3 aromatic carbocycles. The van der Waals surface area contributed by atoms with Crippen molar-refractivity contribution in [3.8, 4) is 0 Å². The Kier molecular flexibility index (Phi) is 8.08. The van der Waals surface area contributed by atoms with Gasteiger partial charge in [-0.2, -0.15) is 15.2 Å². The van der Waals surface area contributed by atoms with Crippen molar-refractivity contribution >= 4 is 38.6 Å². The summed E-state index contributed by atoms with van der Waals surface area (Å²) < 4.78 is 32.7. The van der Waals surface area contributed by atoms with Crippen LogP contribution in [-0.2, 0) is 10.1 Å². The van der Waals surface area contributed by atoms with Gasteiger partial charge >= 0.3 is 29.6 Å². The zero-order chi connectivity index (χ0) is 21.7. The molecule has 0 fully saturated rings. The maximum absolute atomic E-state index is 11.3. The normalized spacial score (nSPS) is 11.0. The Morgan fingerprint density at radius 3 is 1.84 bits per heavy atom. The van der Waals surface area contributed by atoms with Gasteiger partial charge in [0.05, 0.1) is 32.2 Å². The van der Waals surface area contributed by atoms with E-state index in [4.69, 9.17) is 0 Å². The van der Waals surface area contributed by atoms with Crippen LogP contribution in [0.25, 0.3) is 0 Å². The van der Waals surface area contributed by atoms with Gasteiger partial charge in [-0.15, -0.1) is 4.91 Å². The molecule has 11 nitrogen and oxygen atoms in total. The number of benzene rings is 3. The second kappa shape index (κ2) is 10.3. The van der Waals surface area contributed by atoms with Crippen molar-refractivity contribution in [1.29, 1.82) is 0 Å². The predicted octanol–water partition coefficient (Wildman–Crippen LogP) is 1.74. The molecule has 0 aliphatic heterocycles. The van der Waals surface area contributed by atoms with E-state index in [1.54, 1.807) is 6.07 Å². The van der Waals surface area contributed by atoms with Gasteiger partial charge in [0, 0.05) is 6.07 Å². The van der Waals surface area contributed by atoms with E-state index in [9.17, 15) is 28.0 Å². The predicted molar refractivity (Wildman–Crippen MR) is 106 cm³/mol. The standard InChI is InChI=1S/C18H13N5O6S.Na/c24-21-22(17-3-1-2-4-18(17)23(25)26)15-9-5-13(6-10-15)19-20-14-7-11-16(12-8-14)30(27,28)29;/h1-12H,(H,27,28,29);/q;+1/p-1. The van der Waals surface area contributed by atoms with E-state index in [1.165, 1.54) is 54.6 Å². The molecule has 3 aromatic rings. The van der Waals surface area contributed by atoms with E-state index in [2.05, 4.69) is 15.5 Å². The zero-order valence-corrected chi connectivity index (χ0v) is 18.8. The molecule has 0 spiro atoms. The van der Waals surface area contributed by atoms with Crippen LogP contribution in [0.3, 0.4) is 0 Å². The second-order valence-electron chi connectivity index (χ2n) is 5.80. The van der Waals surface area contributed by atoms with Crippen molar-refractivity contribution in [3.63, 3.8) is 0 Å². The van der Waals surface area contributed by atoms with Gasteiger partial charge in [-0.05, 0) is 54.6 Å². The topological polar surface area (TPSA) is 158 Å². The SMILES string of the molecule is O=NN(c1ccc(N=Nc2ccc(S(=O)(=O)[O-])cc2)cc1)c1ccccc1[N+](=O)[O-].[Na+]. The van der Waals surface area contributed by atoms with Crippen molar-refractivity contribution in [3.05, 3.63) is 87.8 Å². The number of rotatable bonds is 7. The van der Waals surface area contributed by atoms with E-state index < -0.39 is 15.0 Å². The fourth-order valence-electron chi connectivity index (χ4n) is 2.48. The van der Waals surface area contributed by atoms with Gasteiger partial charge in [0.2, 0.25) is 0 Å². The molecular formula is C18H12N5NaO6S. The molecule has 0 saturated heterocycles. The largest absolute Gasteiger partial charge is 1.00 e. The Morgan fingerprint density at radius 1 is 0.839 bits per heavy atom. The van der Waals surface area contributed by atoms with E-state index in [-0.39, 0.29) is 51.5 Å². The van der Waals surface area contributed by atoms with E-state index in [0.717, 1.165) is 17.1 Å². The third-order valence-electron chi connectivity index (χ3n) is 3.89. The number of nitro groups is 1. The molecule has 0 aliphatic rings. The fraction of sp³-hybridized carbons (Fsp3) is 0. The Balaban J connectivity index is 0.00000341. The summed E-state index contributed by atoms with van der Waals surface area (Å²) in [5, 5.41) is 22.8. The Bertz CT molecular complexity index is 1220. The number of hydrogen-bond acceptors (Lipinski definition) is 9. The molecule has 3 rings (SSSR count). The van der Waals surface area contributed by atoms with Gasteiger partial charge in [0.1, 0.15) is 15.8 Å². The van der Waals surface area contributed by atoms with Crippen LogP contribution in [0, 0.1) is 15.0 Å². The van der Waals surface area contributed by atoms with Crippen LogP contribution in [0.5, 0.6) is 0 Å². The molecule has 0 bridgehead atoms. The fourth-order valence-corrected chi connectivity index (χ4v) is 2.95. The number of nitroso groups, excluding NO2 is 1. The minimum atomic E-state index is -4.54. The zero-order valence-electron chi connectivity index (χ0n) is 16.0. The minimum absolute atomic E-state index is 0. The second-order valence-corrected chi connectivity index (χ2v) is 7.18. The maximum Gasteiger partial charge on any atom is 1.00 e. The van der Waals surface area contributed by atoms with Crippen LogP contribution >= 0.6 is 0 Å². The molecule has 0 N–H and O–H groups in total. The molecular weight excluding hydrogens is 437 g/mol. The number of hydrogen-bond donors (Lipinski definition) is 0. The molecule has 0 saturated carbocycles. The van der Waals surface area contributed by atoms with Gasteiger partial charge in [-0.1, -0.05) is 12.1 Å². The van der Waals surface area contributed by atoms with E-state index in [1.807, 2.05) is 0 Å². The van der Waals surface area contributed by atoms with Crippen molar-refractivity contribution in [2.75, 3.05) is 5.01 Å². The third kappa shape index (κ3) is 5.99. The number of azo groups is 1. The molecule has 0 amide bonds. The summed E-state index contributed by atoms with van der Waals surface area (Å²) in [6.07, 6.45) is 0. The van der Waals surface area contributed by atoms with Gasteiger partial charge in [-0.25, -0.2) is 8.42 Å². The Hall–Kier alpha value is -3.03. The maximum atomic E-state index is 11.3. The monoisotopic (exact) mass is 449 g/mol. The average molecular weight is 449 g/mol. The Morgan fingerprint density at radius 2 is 1.35 bits per heavy atom. The Labute approximate surface area is 198 Å². The smallest absolute Gasteiger partial charge is 0.744 e. The molecule has 0 radical (unpaired) electrons. The average Bonchev–Trinajstić information content (AvgIpc) is 2.73. The first kappa shape index (κ1) is 24.2. The van der Waals surface area contributed by atoms with Crippen LogP contribution < -0.4 is 34.6 Å².